The van der Waals surface area contributed by atoms with Gasteiger partial charge in [0.15, 0.2) is 0 Å². The summed E-state index contributed by atoms with van der Waals surface area (Å²) in [5, 5.41) is 7.10. The molecule has 6 heteroatoms. The second-order valence-electron chi connectivity index (χ2n) is 6.06. The van der Waals surface area contributed by atoms with E-state index < -0.39 is 0 Å². The normalized spacial score (nSPS) is 15.8. The average molecular weight is 334 g/mol. The van der Waals surface area contributed by atoms with Crippen LogP contribution in [0.25, 0.3) is 11.4 Å². The first-order valence-electron chi connectivity index (χ1n) is 8.42. The van der Waals surface area contributed by atoms with Crippen molar-refractivity contribution < 1.29 is 9.32 Å². The summed E-state index contributed by atoms with van der Waals surface area (Å²) in [7, 11) is 0. The highest BCUT2D eigenvalue weighted by Gasteiger charge is 2.25. The Bertz CT molecular complexity index is 905. The largest absolute Gasteiger partial charge is 0.344 e. The number of carbonyl (C=O) groups excluding carboxylic acids is 1. The SMILES string of the molecule is CCc1nc(-c2ccc3c(c2)CCC3NC(=O)c2ccccn2)no1. The number of benzene rings is 1. The van der Waals surface area contributed by atoms with E-state index in [0.717, 1.165) is 30.4 Å². The third-order valence-corrected chi connectivity index (χ3v) is 4.45. The zero-order chi connectivity index (χ0) is 17.2. The Kier molecular flexibility index (Phi) is 4.01. The van der Waals surface area contributed by atoms with Crippen molar-refractivity contribution in [2.75, 3.05) is 0 Å². The molecule has 0 saturated heterocycles. The summed E-state index contributed by atoms with van der Waals surface area (Å²) in [6.07, 6.45) is 4.14. The van der Waals surface area contributed by atoms with E-state index in [1.165, 1.54) is 5.56 Å². The summed E-state index contributed by atoms with van der Waals surface area (Å²) in [6.45, 7) is 1.98. The molecule has 0 radical (unpaired) electrons. The average Bonchev–Trinajstić information content (AvgIpc) is 3.29. The quantitative estimate of drug-likeness (QED) is 0.793. The second-order valence-corrected chi connectivity index (χ2v) is 6.06. The van der Waals surface area contributed by atoms with Crippen molar-refractivity contribution in [3.8, 4) is 11.4 Å². The molecule has 1 aliphatic carbocycles. The summed E-state index contributed by atoms with van der Waals surface area (Å²) < 4.78 is 5.19. The summed E-state index contributed by atoms with van der Waals surface area (Å²) in [4.78, 5) is 20.8. The van der Waals surface area contributed by atoms with Crippen LogP contribution in [-0.4, -0.2) is 21.0 Å². The molecule has 25 heavy (non-hydrogen) atoms. The summed E-state index contributed by atoms with van der Waals surface area (Å²) >= 11 is 0. The molecule has 1 amide bonds. The highest BCUT2D eigenvalue weighted by Crippen LogP contribution is 2.33. The molecule has 1 unspecified atom stereocenters. The molecule has 0 bridgehead atoms. The molecule has 0 saturated carbocycles. The zero-order valence-electron chi connectivity index (χ0n) is 13.9. The smallest absolute Gasteiger partial charge is 0.270 e. The van der Waals surface area contributed by atoms with Crippen LogP contribution in [0.1, 0.15) is 46.9 Å². The molecule has 1 atom stereocenters. The number of nitrogens with zero attached hydrogens (tertiary/aromatic N) is 3. The number of hydrogen-bond donors (Lipinski definition) is 1. The molecular formula is C19H18N4O2. The van der Waals surface area contributed by atoms with Crippen LogP contribution in [0.4, 0.5) is 0 Å². The lowest BCUT2D eigenvalue weighted by atomic mass is 10.0. The number of carbonyl (C=O) groups is 1. The topological polar surface area (TPSA) is 80.9 Å². The van der Waals surface area contributed by atoms with Gasteiger partial charge in [0.25, 0.3) is 5.91 Å². The Morgan fingerprint density at radius 1 is 1.32 bits per heavy atom. The number of aryl methyl sites for hydroxylation is 2. The minimum atomic E-state index is -0.145. The Morgan fingerprint density at radius 3 is 3.00 bits per heavy atom. The maximum absolute atomic E-state index is 12.3. The monoisotopic (exact) mass is 334 g/mol. The fraction of sp³-hybridized carbons (Fsp3) is 0.263. The predicted octanol–water partition coefficient (Wildman–Crippen LogP) is 3.11. The molecule has 6 nitrogen and oxygen atoms in total. The van der Waals surface area contributed by atoms with Gasteiger partial charge in [-0.1, -0.05) is 30.3 Å². The van der Waals surface area contributed by atoms with E-state index in [-0.39, 0.29) is 11.9 Å². The minimum absolute atomic E-state index is 0.00928. The maximum atomic E-state index is 12.3. The number of aromatic nitrogens is 3. The lowest BCUT2D eigenvalue weighted by molar-refractivity contribution is 0.0931. The van der Waals surface area contributed by atoms with Crippen LogP contribution < -0.4 is 5.32 Å². The van der Waals surface area contributed by atoms with Crippen LogP contribution in [0, 0.1) is 0 Å². The molecule has 126 valence electrons. The fourth-order valence-corrected chi connectivity index (χ4v) is 3.15. The first-order chi connectivity index (χ1) is 12.2. The van der Waals surface area contributed by atoms with Gasteiger partial charge in [-0.15, -0.1) is 0 Å². The van der Waals surface area contributed by atoms with E-state index in [4.69, 9.17) is 4.52 Å². The van der Waals surface area contributed by atoms with Gasteiger partial charge >= 0.3 is 0 Å². The lowest BCUT2D eigenvalue weighted by Gasteiger charge is -2.14. The maximum Gasteiger partial charge on any atom is 0.270 e. The number of nitrogens with one attached hydrogen (secondary N) is 1. The van der Waals surface area contributed by atoms with E-state index in [2.05, 4.69) is 26.5 Å². The summed E-state index contributed by atoms with van der Waals surface area (Å²) in [5.41, 5.74) is 3.74. The zero-order valence-corrected chi connectivity index (χ0v) is 13.9. The third kappa shape index (κ3) is 3.03. The van der Waals surface area contributed by atoms with E-state index >= 15 is 0 Å². The fourth-order valence-electron chi connectivity index (χ4n) is 3.15. The highest BCUT2D eigenvalue weighted by molar-refractivity contribution is 5.92. The summed E-state index contributed by atoms with van der Waals surface area (Å²) in [5.74, 6) is 1.10. The molecule has 2 aromatic heterocycles. The van der Waals surface area contributed by atoms with Crippen LogP contribution >= 0.6 is 0 Å². The molecule has 0 aliphatic heterocycles. The van der Waals surface area contributed by atoms with Crippen molar-refractivity contribution in [1.82, 2.24) is 20.4 Å². The molecule has 0 fully saturated rings. The van der Waals surface area contributed by atoms with Gasteiger partial charge in [-0.3, -0.25) is 9.78 Å². The summed E-state index contributed by atoms with van der Waals surface area (Å²) in [6, 6.07) is 11.5. The Labute approximate surface area is 145 Å². The van der Waals surface area contributed by atoms with Crippen molar-refractivity contribution in [2.45, 2.75) is 32.2 Å². The van der Waals surface area contributed by atoms with Crippen molar-refractivity contribution >= 4 is 5.91 Å². The number of pyridine rings is 1. The van der Waals surface area contributed by atoms with Crippen molar-refractivity contribution in [2.24, 2.45) is 0 Å². The Morgan fingerprint density at radius 2 is 2.24 bits per heavy atom. The van der Waals surface area contributed by atoms with Gasteiger partial charge < -0.3 is 9.84 Å². The molecular weight excluding hydrogens is 316 g/mol. The van der Waals surface area contributed by atoms with Gasteiger partial charge in [0, 0.05) is 18.2 Å². The van der Waals surface area contributed by atoms with Gasteiger partial charge in [-0.05, 0) is 42.2 Å². The molecule has 1 N–H and O–H groups in total. The highest BCUT2D eigenvalue weighted by atomic mass is 16.5. The van der Waals surface area contributed by atoms with Gasteiger partial charge in [0.2, 0.25) is 11.7 Å². The Hall–Kier alpha value is -3.02. The molecule has 4 rings (SSSR count). The van der Waals surface area contributed by atoms with Crippen LogP contribution in [0.5, 0.6) is 0 Å². The number of rotatable bonds is 4. The number of fused-ring (bicyclic) bond motifs is 1. The number of amides is 1. The van der Waals surface area contributed by atoms with Gasteiger partial charge in [-0.2, -0.15) is 4.98 Å². The second kappa shape index (κ2) is 6.47. The van der Waals surface area contributed by atoms with Crippen LogP contribution in [0.15, 0.2) is 47.1 Å². The number of hydrogen-bond acceptors (Lipinski definition) is 5. The molecule has 3 aromatic rings. The lowest BCUT2D eigenvalue weighted by Crippen LogP contribution is -2.27. The minimum Gasteiger partial charge on any atom is -0.344 e. The third-order valence-electron chi connectivity index (χ3n) is 4.45. The molecule has 1 aromatic carbocycles. The van der Waals surface area contributed by atoms with Crippen molar-refractivity contribution in [3.05, 3.63) is 65.3 Å². The van der Waals surface area contributed by atoms with Gasteiger partial charge in [-0.25, -0.2) is 0 Å². The predicted molar refractivity (Wildman–Crippen MR) is 91.9 cm³/mol. The van der Waals surface area contributed by atoms with Gasteiger partial charge in [0.05, 0.1) is 6.04 Å². The van der Waals surface area contributed by atoms with Crippen LogP contribution in [0.3, 0.4) is 0 Å². The van der Waals surface area contributed by atoms with E-state index in [9.17, 15) is 4.79 Å². The molecule has 2 heterocycles. The van der Waals surface area contributed by atoms with Crippen LogP contribution in [0.2, 0.25) is 0 Å². The standard InChI is InChI=1S/C19H18N4O2/c1-2-17-22-18(23-25-17)13-6-8-14-12(11-13)7-9-15(14)21-19(24)16-5-3-4-10-20-16/h3-6,8,10-11,15H,2,7,9H2,1H3,(H,21,24). The van der Waals surface area contributed by atoms with Crippen molar-refractivity contribution in [1.29, 1.82) is 0 Å². The van der Waals surface area contributed by atoms with Crippen LogP contribution in [-0.2, 0) is 12.8 Å². The first kappa shape index (κ1) is 15.5. The first-order valence-corrected chi connectivity index (χ1v) is 8.42. The molecule has 0 spiro atoms. The Balaban J connectivity index is 1.54. The van der Waals surface area contributed by atoms with E-state index in [1.54, 1.807) is 18.3 Å². The van der Waals surface area contributed by atoms with E-state index in [1.807, 2.05) is 25.1 Å². The van der Waals surface area contributed by atoms with E-state index in [0.29, 0.717) is 17.4 Å². The van der Waals surface area contributed by atoms with Crippen molar-refractivity contribution in [3.63, 3.8) is 0 Å². The van der Waals surface area contributed by atoms with Gasteiger partial charge in [0.1, 0.15) is 5.69 Å². The molecule has 1 aliphatic rings.